The largest absolute Gasteiger partial charge is 0.481 e. The smallest absolute Gasteiger partial charge is 0.321 e. The Morgan fingerprint density at radius 3 is 2.56 bits per heavy atom. The van der Waals surface area contributed by atoms with Gasteiger partial charge in [0.25, 0.3) is 0 Å². The topological polar surface area (TPSA) is 116 Å². The van der Waals surface area contributed by atoms with E-state index in [2.05, 4.69) is 10.0 Å². The van der Waals surface area contributed by atoms with Crippen LogP contribution in [-0.2, 0) is 14.8 Å². The van der Waals surface area contributed by atoms with Gasteiger partial charge in [-0.05, 0) is 44.0 Å². The molecule has 3 N–H and O–H groups in total. The first kappa shape index (κ1) is 19.2. The Kier molecular flexibility index (Phi) is 5.69. The van der Waals surface area contributed by atoms with Crippen LogP contribution >= 0.6 is 0 Å². The fourth-order valence-electron chi connectivity index (χ4n) is 2.98. The van der Waals surface area contributed by atoms with E-state index >= 15 is 0 Å². The summed E-state index contributed by atoms with van der Waals surface area (Å²) in [5, 5.41) is 11.9. The minimum absolute atomic E-state index is 0.0823. The zero-order valence-corrected chi connectivity index (χ0v) is 15.3. The molecule has 2 unspecified atom stereocenters. The lowest BCUT2D eigenvalue weighted by Gasteiger charge is -2.34. The van der Waals surface area contributed by atoms with Crippen LogP contribution in [0.3, 0.4) is 0 Å². The summed E-state index contributed by atoms with van der Waals surface area (Å²) in [4.78, 5) is 25.2. The fraction of sp³-hybridized carbons (Fsp3) is 0.500. The summed E-state index contributed by atoms with van der Waals surface area (Å²) >= 11 is 0. The average molecular weight is 369 g/mol. The van der Waals surface area contributed by atoms with Gasteiger partial charge in [0.05, 0.1) is 10.8 Å². The van der Waals surface area contributed by atoms with Crippen molar-refractivity contribution in [2.45, 2.75) is 25.2 Å². The molecule has 2 amide bonds. The van der Waals surface area contributed by atoms with Crippen LogP contribution in [0.5, 0.6) is 0 Å². The number of likely N-dealkylation sites (tertiary alicyclic amines) is 1. The molecule has 1 aliphatic heterocycles. The number of carboxylic acid groups (broad SMARTS) is 1. The Morgan fingerprint density at radius 1 is 1.28 bits per heavy atom. The number of aryl methyl sites for hydroxylation is 1. The van der Waals surface area contributed by atoms with E-state index in [0.717, 1.165) is 0 Å². The van der Waals surface area contributed by atoms with E-state index in [1.165, 1.54) is 18.0 Å². The highest BCUT2D eigenvalue weighted by atomic mass is 32.2. The molecule has 9 heteroatoms. The molecule has 138 valence electrons. The number of aliphatic carboxylic acids is 1. The molecule has 2 atom stereocenters. The summed E-state index contributed by atoms with van der Waals surface area (Å²) < 4.78 is 26.3. The molecule has 0 spiro atoms. The number of sulfonamides is 1. The Morgan fingerprint density at radius 2 is 1.96 bits per heavy atom. The minimum atomic E-state index is -3.63. The number of rotatable bonds is 4. The van der Waals surface area contributed by atoms with Crippen LogP contribution in [0, 0.1) is 18.8 Å². The highest BCUT2D eigenvalue weighted by Crippen LogP contribution is 2.24. The van der Waals surface area contributed by atoms with Gasteiger partial charge in [0.15, 0.2) is 0 Å². The molecule has 1 aromatic carbocycles. The van der Waals surface area contributed by atoms with Crippen LogP contribution in [0.1, 0.15) is 18.9 Å². The van der Waals surface area contributed by atoms with Gasteiger partial charge in [0.1, 0.15) is 0 Å². The summed E-state index contributed by atoms with van der Waals surface area (Å²) in [7, 11) is -2.31. The first-order valence-electron chi connectivity index (χ1n) is 7.97. The van der Waals surface area contributed by atoms with Gasteiger partial charge < -0.3 is 15.3 Å². The van der Waals surface area contributed by atoms with Crippen LogP contribution in [0.4, 0.5) is 10.5 Å². The monoisotopic (exact) mass is 369 g/mol. The molecule has 1 saturated heterocycles. The predicted molar refractivity (Wildman–Crippen MR) is 92.9 cm³/mol. The van der Waals surface area contributed by atoms with E-state index in [0.29, 0.717) is 24.2 Å². The van der Waals surface area contributed by atoms with Crippen LogP contribution < -0.4 is 10.0 Å². The third kappa shape index (κ3) is 4.49. The van der Waals surface area contributed by atoms with E-state index in [9.17, 15) is 23.1 Å². The van der Waals surface area contributed by atoms with Crippen molar-refractivity contribution in [3.63, 3.8) is 0 Å². The highest BCUT2D eigenvalue weighted by molar-refractivity contribution is 7.89. The molecular formula is C16H23N3O5S. The average Bonchev–Trinajstić information content (AvgIpc) is 2.55. The lowest BCUT2D eigenvalue weighted by atomic mass is 9.91. The molecule has 1 heterocycles. The van der Waals surface area contributed by atoms with E-state index < -0.39 is 27.9 Å². The molecule has 1 fully saturated rings. The number of carboxylic acids is 1. The summed E-state index contributed by atoms with van der Waals surface area (Å²) in [6.45, 7) is 4.17. The summed E-state index contributed by atoms with van der Waals surface area (Å²) in [6, 6.07) is 4.18. The van der Waals surface area contributed by atoms with Crippen LogP contribution in [0.15, 0.2) is 23.1 Å². The third-order valence-corrected chi connectivity index (χ3v) is 5.85. The van der Waals surface area contributed by atoms with Gasteiger partial charge in [-0.3, -0.25) is 4.79 Å². The molecule has 0 radical (unpaired) electrons. The third-order valence-electron chi connectivity index (χ3n) is 4.29. The number of nitrogens with one attached hydrogen (secondary N) is 2. The lowest BCUT2D eigenvalue weighted by Crippen LogP contribution is -2.47. The van der Waals surface area contributed by atoms with Crippen molar-refractivity contribution in [2.24, 2.45) is 11.8 Å². The number of benzene rings is 1. The number of piperidine rings is 1. The van der Waals surface area contributed by atoms with Gasteiger partial charge >= 0.3 is 12.0 Å². The standard InChI is InChI=1S/C16H23N3O5S/c1-10-6-12(15(20)21)9-19(8-10)16(22)18-13-5-4-11(2)14(7-13)25(23,24)17-3/h4-5,7,10,12,17H,6,8-9H2,1-3H3,(H,18,22)(H,20,21). The Bertz CT molecular complexity index is 778. The predicted octanol–water partition coefficient (Wildman–Crippen LogP) is 1.48. The van der Waals surface area contributed by atoms with E-state index in [-0.39, 0.29) is 17.4 Å². The van der Waals surface area contributed by atoms with Crippen molar-refractivity contribution in [1.82, 2.24) is 9.62 Å². The number of anilines is 1. The number of urea groups is 1. The zero-order chi connectivity index (χ0) is 18.8. The van der Waals surface area contributed by atoms with Crippen molar-refractivity contribution < 1.29 is 23.1 Å². The number of carbonyl (C=O) groups excluding carboxylic acids is 1. The number of nitrogens with zero attached hydrogens (tertiary/aromatic N) is 1. The van der Waals surface area contributed by atoms with Gasteiger partial charge in [-0.1, -0.05) is 13.0 Å². The molecule has 25 heavy (non-hydrogen) atoms. The summed E-state index contributed by atoms with van der Waals surface area (Å²) in [5.41, 5.74) is 0.902. The molecule has 1 aliphatic rings. The quantitative estimate of drug-likeness (QED) is 0.743. The summed E-state index contributed by atoms with van der Waals surface area (Å²) in [6.07, 6.45) is 0.536. The maximum Gasteiger partial charge on any atom is 0.321 e. The van der Waals surface area contributed by atoms with E-state index in [1.54, 1.807) is 19.1 Å². The molecule has 2 rings (SSSR count). The van der Waals surface area contributed by atoms with Gasteiger partial charge in [0, 0.05) is 18.8 Å². The van der Waals surface area contributed by atoms with Gasteiger partial charge in [0.2, 0.25) is 10.0 Å². The molecule has 0 bridgehead atoms. The first-order chi connectivity index (χ1) is 11.6. The van der Waals surface area contributed by atoms with Crippen LogP contribution in [-0.4, -0.2) is 50.6 Å². The normalized spacial score (nSPS) is 21.0. The van der Waals surface area contributed by atoms with Gasteiger partial charge in [-0.2, -0.15) is 0 Å². The Labute approximate surface area is 147 Å². The number of hydrogen-bond donors (Lipinski definition) is 3. The van der Waals surface area contributed by atoms with E-state index in [1.807, 2.05) is 6.92 Å². The van der Waals surface area contributed by atoms with E-state index in [4.69, 9.17) is 0 Å². The lowest BCUT2D eigenvalue weighted by molar-refractivity contribution is -0.143. The van der Waals surface area contributed by atoms with Crippen molar-refractivity contribution in [3.05, 3.63) is 23.8 Å². The van der Waals surface area contributed by atoms with Crippen LogP contribution in [0.2, 0.25) is 0 Å². The number of amides is 2. The Balaban J connectivity index is 2.18. The summed E-state index contributed by atoms with van der Waals surface area (Å²) in [5.74, 6) is -1.42. The fourth-order valence-corrected chi connectivity index (χ4v) is 3.97. The second kappa shape index (κ2) is 7.40. The molecule has 0 aliphatic carbocycles. The molecular weight excluding hydrogens is 346 g/mol. The molecule has 0 aromatic heterocycles. The minimum Gasteiger partial charge on any atom is -0.481 e. The first-order valence-corrected chi connectivity index (χ1v) is 9.45. The highest BCUT2D eigenvalue weighted by Gasteiger charge is 2.32. The van der Waals surface area contributed by atoms with Crippen molar-refractivity contribution in [3.8, 4) is 0 Å². The zero-order valence-electron chi connectivity index (χ0n) is 14.4. The SMILES string of the molecule is CNS(=O)(=O)c1cc(NC(=O)N2CC(C)CC(C(=O)O)C2)ccc1C. The van der Waals surface area contributed by atoms with Crippen molar-refractivity contribution >= 4 is 27.7 Å². The van der Waals surface area contributed by atoms with Gasteiger partial charge in [-0.25, -0.2) is 17.9 Å². The second-order valence-electron chi connectivity index (χ2n) is 6.40. The second-order valence-corrected chi connectivity index (χ2v) is 8.25. The molecule has 8 nitrogen and oxygen atoms in total. The maximum absolute atomic E-state index is 12.5. The molecule has 1 aromatic rings. The number of carbonyl (C=O) groups is 2. The number of hydrogen-bond acceptors (Lipinski definition) is 4. The van der Waals surface area contributed by atoms with Gasteiger partial charge in [-0.15, -0.1) is 0 Å². The van der Waals surface area contributed by atoms with Crippen LogP contribution in [0.25, 0.3) is 0 Å². The molecule has 0 saturated carbocycles. The van der Waals surface area contributed by atoms with Crippen molar-refractivity contribution in [1.29, 1.82) is 0 Å². The maximum atomic E-state index is 12.5. The van der Waals surface area contributed by atoms with Crippen molar-refractivity contribution in [2.75, 3.05) is 25.5 Å². The Hall–Kier alpha value is -2.13.